The first-order valence-electron chi connectivity index (χ1n) is 7.11. The molecule has 0 saturated heterocycles. The molecule has 0 spiro atoms. The predicted octanol–water partition coefficient (Wildman–Crippen LogP) is 1.85. The van der Waals surface area contributed by atoms with Crippen LogP contribution in [-0.4, -0.2) is 46.8 Å². The van der Waals surface area contributed by atoms with Crippen molar-refractivity contribution in [2.24, 2.45) is 0 Å². The van der Waals surface area contributed by atoms with Crippen molar-refractivity contribution in [3.05, 3.63) is 40.8 Å². The SMILES string of the molecule is COCCOCCOCCOc1cc(=O)oc2ccccc12. The minimum absolute atomic E-state index is 0.353. The van der Waals surface area contributed by atoms with Crippen molar-refractivity contribution in [1.29, 1.82) is 0 Å². The minimum Gasteiger partial charge on any atom is -0.490 e. The number of hydrogen-bond acceptors (Lipinski definition) is 6. The average molecular weight is 308 g/mol. The third kappa shape index (κ3) is 5.14. The van der Waals surface area contributed by atoms with Gasteiger partial charge in [-0.05, 0) is 12.1 Å². The van der Waals surface area contributed by atoms with E-state index in [9.17, 15) is 4.79 Å². The lowest BCUT2D eigenvalue weighted by Gasteiger charge is -2.09. The van der Waals surface area contributed by atoms with Gasteiger partial charge in [0.1, 0.15) is 17.9 Å². The van der Waals surface area contributed by atoms with Crippen LogP contribution in [0.15, 0.2) is 39.5 Å². The van der Waals surface area contributed by atoms with Crippen LogP contribution in [0.5, 0.6) is 5.75 Å². The lowest BCUT2D eigenvalue weighted by molar-refractivity contribution is 0.0180. The summed E-state index contributed by atoms with van der Waals surface area (Å²) in [5.41, 5.74) is 0.0821. The summed E-state index contributed by atoms with van der Waals surface area (Å²) in [5, 5.41) is 0.769. The van der Waals surface area contributed by atoms with Crippen LogP contribution in [0.2, 0.25) is 0 Å². The molecule has 0 saturated carbocycles. The van der Waals surface area contributed by atoms with Gasteiger partial charge in [0.05, 0.1) is 44.5 Å². The van der Waals surface area contributed by atoms with E-state index in [0.29, 0.717) is 51.0 Å². The van der Waals surface area contributed by atoms with Gasteiger partial charge in [-0.2, -0.15) is 0 Å². The van der Waals surface area contributed by atoms with Gasteiger partial charge in [-0.1, -0.05) is 12.1 Å². The number of benzene rings is 1. The molecule has 0 bridgehead atoms. The second-order valence-electron chi connectivity index (χ2n) is 4.49. The molecule has 6 nitrogen and oxygen atoms in total. The van der Waals surface area contributed by atoms with Crippen LogP contribution >= 0.6 is 0 Å². The Morgan fingerprint density at radius 1 is 0.955 bits per heavy atom. The van der Waals surface area contributed by atoms with E-state index in [1.54, 1.807) is 13.2 Å². The Kier molecular flexibility index (Phi) is 6.89. The van der Waals surface area contributed by atoms with Gasteiger partial charge in [-0.15, -0.1) is 0 Å². The predicted molar refractivity (Wildman–Crippen MR) is 81.5 cm³/mol. The van der Waals surface area contributed by atoms with Gasteiger partial charge < -0.3 is 23.4 Å². The largest absolute Gasteiger partial charge is 0.490 e. The molecule has 1 heterocycles. The highest BCUT2D eigenvalue weighted by molar-refractivity contribution is 5.82. The van der Waals surface area contributed by atoms with Crippen LogP contribution in [-0.2, 0) is 14.2 Å². The maximum absolute atomic E-state index is 11.5. The van der Waals surface area contributed by atoms with Crippen LogP contribution in [0.25, 0.3) is 11.0 Å². The van der Waals surface area contributed by atoms with E-state index in [2.05, 4.69) is 0 Å². The zero-order chi connectivity index (χ0) is 15.6. The van der Waals surface area contributed by atoms with E-state index in [0.717, 1.165) is 5.39 Å². The quantitative estimate of drug-likeness (QED) is 0.493. The van der Waals surface area contributed by atoms with Gasteiger partial charge in [-0.3, -0.25) is 0 Å². The molecular weight excluding hydrogens is 288 g/mol. The summed E-state index contributed by atoms with van der Waals surface area (Å²) in [7, 11) is 1.63. The maximum Gasteiger partial charge on any atom is 0.339 e. The van der Waals surface area contributed by atoms with Crippen LogP contribution in [0, 0.1) is 0 Å². The van der Waals surface area contributed by atoms with Gasteiger partial charge in [0.15, 0.2) is 0 Å². The van der Waals surface area contributed by atoms with Gasteiger partial charge in [0.25, 0.3) is 0 Å². The van der Waals surface area contributed by atoms with Crippen molar-refractivity contribution in [3.63, 3.8) is 0 Å². The normalized spacial score (nSPS) is 11.0. The molecule has 2 aromatic rings. The van der Waals surface area contributed by atoms with E-state index in [1.165, 1.54) is 6.07 Å². The molecule has 1 aromatic carbocycles. The fraction of sp³-hybridized carbons (Fsp3) is 0.438. The highest BCUT2D eigenvalue weighted by atomic mass is 16.6. The lowest BCUT2D eigenvalue weighted by atomic mass is 10.2. The Morgan fingerprint density at radius 2 is 1.64 bits per heavy atom. The van der Waals surface area contributed by atoms with E-state index in [4.69, 9.17) is 23.4 Å². The van der Waals surface area contributed by atoms with E-state index < -0.39 is 5.63 Å². The van der Waals surface area contributed by atoms with Crippen molar-refractivity contribution < 1.29 is 23.4 Å². The third-order valence-corrected chi connectivity index (χ3v) is 2.90. The molecule has 6 heteroatoms. The van der Waals surface area contributed by atoms with E-state index in [-0.39, 0.29) is 0 Å². The fourth-order valence-corrected chi connectivity index (χ4v) is 1.88. The standard InChI is InChI=1S/C16H20O6/c1-18-6-7-19-8-9-20-10-11-21-15-12-16(17)22-14-5-3-2-4-13(14)15/h2-5,12H,6-11H2,1H3. The molecule has 1 aromatic heterocycles. The maximum atomic E-state index is 11.5. The summed E-state index contributed by atoms with van der Waals surface area (Å²) in [6, 6.07) is 8.59. The van der Waals surface area contributed by atoms with Crippen molar-refractivity contribution in [2.75, 3.05) is 46.8 Å². The highest BCUT2D eigenvalue weighted by Gasteiger charge is 2.05. The molecule has 0 amide bonds. The van der Waals surface area contributed by atoms with Crippen molar-refractivity contribution in [2.45, 2.75) is 0 Å². The van der Waals surface area contributed by atoms with Crippen LogP contribution < -0.4 is 10.4 Å². The molecule has 120 valence electrons. The molecule has 0 atom stereocenters. The van der Waals surface area contributed by atoms with Crippen molar-refractivity contribution in [3.8, 4) is 5.75 Å². The molecular formula is C16H20O6. The summed E-state index contributed by atoms with van der Waals surface area (Å²) < 4.78 is 26.2. The first kappa shape index (κ1) is 16.5. The molecule has 0 fully saturated rings. The second-order valence-corrected chi connectivity index (χ2v) is 4.49. The number of para-hydroxylation sites is 1. The number of hydrogen-bond donors (Lipinski definition) is 0. The Labute approximate surface area is 128 Å². The van der Waals surface area contributed by atoms with E-state index in [1.807, 2.05) is 18.2 Å². The summed E-state index contributed by atoms with van der Waals surface area (Å²) in [5.74, 6) is 0.506. The first-order valence-corrected chi connectivity index (χ1v) is 7.11. The minimum atomic E-state index is -0.429. The molecule has 0 aliphatic heterocycles. The van der Waals surface area contributed by atoms with Crippen molar-refractivity contribution >= 4 is 11.0 Å². The molecule has 0 aliphatic carbocycles. The number of methoxy groups -OCH3 is 1. The van der Waals surface area contributed by atoms with E-state index >= 15 is 0 Å². The number of ether oxygens (including phenoxy) is 4. The Morgan fingerprint density at radius 3 is 2.41 bits per heavy atom. The average Bonchev–Trinajstić information content (AvgIpc) is 2.53. The Balaban J connectivity index is 1.72. The molecule has 0 aliphatic rings. The fourth-order valence-electron chi connectivity index (χ4n) is 1.88. The summed E-state index contributed by atoms with van der Waals surface area (Å²) in [4.78, 5) is 11.5. The van der Waals surface area contributed by atoms with Crippen LogP contribution in [0.4, 0.5) is 0 Å². The van der Waals surface area contributed by atoms with Crippen LogP contribution in [0.3, 0.4) is 0 Å². The van der Waals surface area contributed by atoms with Gasteiger partial charge in [0, 0.05) is 7.11 Å². The number of fused-ring (bicyclic) bond motifs is 1. The topological polar surface area (TPSA) is 67.1 Å². The van der Waals surface area contributed by atoms with Gasteiger partial charge in [-0.25, -0.2) is 4.79 Å². The Hall–Kier alpha value is -1.89. The van der Waals surface area contributed by atoms with Crippen LogP contribution in [0.1, 0.15) is 0 Å². The Bertz CT molecular complexity index is 621. The second kappa shape index (κ2) is 9.19. The van der Waals surface area contributed by atoms with Gasteiger partial charge >= 0.3 is 5.63 Å². The smallest absolute Gasteiger partial charge is 0.339 e. The molecule has 2 rings (SSSR count). The van der Waals surface area contributed by atoms with Gasteiger partial charge in [0.2, 0.25) is 0 Å². The first-order chi connectivity index (χ1) is 10.8. The third-order valence-electron chi connectivity index (χ3n) is 2.90. The lowest BCUT2D eigenvalue weighted by Crippen LogP contribution is -2.13. The molecule has 0 radical (unpaired) electrons. The highest BCUT2D eigenvalue weighted by Crippen LogP contribution is 2.22. The molecule has 22 heavy (non-hydrogen) atoms. The summed E-state index contributed by atoms with van der Waals surface area (Å²) >= 11 is 0. The zero-order valence-electron chi connectivity index (χ0n) is 12.6. The van der Waals surface area contributed by atoms with Crippen molar-refractivity contribution in [1.82, 2.24) is 0 Å². The monoisotopic (exact) mass is 308 g/mol. The summed E-state index contributed by atoms with van der Waals surface area (Å²) in [6.07, 6.45) is 0. The molecule has 0 N–H and O–H groups in total. The zero-order valence-corrected chi connectivity index (χ0v) is 12.6. The summed E-state index contributed by atoms with van der Waals surface area (Å²) in [6.45, 7) is 2.91. The number of rotatable bonds is 10. The molecule has 0 unspecified atom stereocenters.